The predicted molar refractivity (Wildman–Crippen MR) is 75.0 cm³/mol. The van der Waals surface area contributed by atoms with Gasteiger partial charge in [-0.25, -0.2) is 4.98 Å². The van der Waals surface area contributed by atoms with Gasteiger partial charge in [-0.1, -0.05) is 0 Å². The van der Waals surface area contributed by atoms with E-state index in [-0.39, 0.29) is 5.56 Å². The van der Waals surface area contributed by atoms with E-state index in [1.165, 1.54) is 0 Å². The van der Waals surface area contributed by atoms with E-state index >= 15 is 0 Å². The summed E-state index contributed by atoms with van der Waals surface area (Å²) in [6, 6.07) is 4.03. The van der Waals surface area contributed by atoms with Crippen LogP contribution in [0.1, 0.15) is 16.1 Å². The van der Waals surface area contributed by atoms with Crippen molar-refractivity contribution < 1.29 is 0 Å². The minimum absolute atomic E-state index is 0.103. The Morgan fingerprint density at radius 2 is 2.39 bits per heavy atom. The van der Waals surface area contributed by atoms with E-state index in [1.54, 1.807) is 22.2 Å². The van der Waals surface area contributed by atoms with Crippen molar-refractivity contribution in [1.29, 1.82) is 0 Å². The molecule has 0 radical (unpaired) electrons. The monoisotopic (exact) mass is 325 g/mol. The largest absolute Gasteiger partial charge is 0.311 e. The van der Waals surface area contributed by atoms with Gasteiger partial charge >= 0.3 is 0 Å². The molecule has 0 aromatic carbocycles. The Morgan fingerprint density at radius 3 is 3.17 bits per heavy atom. The highest BCUT2D eigenvalue weighted by Gasteiger charge is 2.15. The number of rotatable bonds is 2. The second-order valence-electron chi connectivity index (χ2n) is 4.24. The van der Waals surface area contributed by atoms with E-state index in [4.69, 9.17) is 0 Å². The van der Waals surface area contributed by atoms with Crippen LogP contribution in [0.3, 0.4) is 0 Å². The second kappa shape index (κ2) is 4.95. The van der Waals surface area contributed by atoms with Crippen LogP contribution < -0.4 is 10.9 Å². The normalized spacial score (nSPS) is 14.5. The predicted octanol–water partition coefficient (Wildman–Crippen LogP) is 1.76. The van der Waals surface area contributed by atoms with Crippen molar-refractivity contribution in [2.24, 2.45) is 0 Å². The van der Waals surface area contributed by atoms with Crippen LogP contribution in [0.2, 0.25) is 0 Å². The van der Waals surface area contributed by atoms with Gasteiger partial charge in [-0.05, 0) is 41.0 Å². The Morgan fingerprint density at radius 1 is 1.50 bits per heavy atom. The van der Waals surface area contributed by atoms with Gasteiger partial charge in [0.1, 0.15) is 0 Å². The summed E-state index contributed by atoms with van der Waals surface area (Å²) < 4.78 is 2.78. The lowest BCUT2D eigenvalue weighted by Gasteiger charge is -2.16. The molecule has 1 aliphatic heterocycles. The molecule has 0 bridgehead atoms. The molecule has 6 heteroatoms. The molecule has 94 valence electrons. The molecular weight excluding hydrogens is 314 g/mol. The van der Waals surface area contributed by atoms with Crippen LogP contribution in [0.5, 0.6) is 0 Å². The minimum Gasteiger partial charge on any atom is -0.311 e. The molecule has 2 aromatic heterocycles. The smallest absolute Gasteiger partial charge is 0.257 e. The Balaban J connectivity index is 1.96. The molecule has 0 atom stereocenters. The molecular formula is C12H12BrN3OS. The maximum Gasteiger partial charge on any atom is 0.257 e. The van der Waals surface area contributed by atoms with E-state index in [0.717, 1.165) is 32.9 Å². The first-order chi connectivity index (χ1) is 8.74. The van der Waals surface area contributed by atoms with Gasteiger partial charge in [-0.3, -0.25) is 9.36 Å². The number of hydrogen-bond acceptors (Lipinski definition) is 4. The van der Waals surface area contributed by atoms with Gasteiger partial charge in [-0.2, -0.15) is 0 Å². The number of hydrogen-bond donors (Lipinski definition) is 1. The number of aromatic nitrogens is 2. The molecule has 0 spiro atoms. The molecule has 3 heterocycles. The number of halogens is 1. The van der Waals surface area contributed by atoms with Gasteiger partial charge in [0, 0.05) is 17.0 Å². The van der Waals surface area contributed by atoms with E-state index < -0.39 is 0 Å². The molecule has 0 amide bonds. The molecule has 0 unspecified atom stereocenters. The highest BCUT2D eigenvalue weighted by Crippen LogP contribution is 2.22. The summed E-state index contributed by atoms with van der Waals surface area (Å²) in [5.74, 6) is 0. The van der Waals surface area contributed by atoms with Crippen LogP contribution in [0.15, 0.2) is 27.0 Å². The molecule has 3 rings (SSSR count). The van der Waals surface area contributed by atoms with Crippen molar-refractivity contribution in [2.75, 3.05) is 6.54 Å². The Hall–Kier alpha value is -0.980. The maximum absolute atomic E-state index is 12.3. The molecule has 0 saturated carbocycles. The summed E-state index contributed by atoms with van der Waals surface area (Å²) in [6.45, 7) is 2.16. The average Bonchev–Trinajstić information content (AvgIpc) is 2.79. The molecule has 0 aliphatic carbocycles. The summed E-state index contributed by atoms with van der Waals surface area (Å²) in [4.78, 5) is 17.8. The summed E-state index contributed by atoms with van der Waals surface area (Å²) in [7, 11) is 0. The number of thiophene rings is 1. The van der Waals surface area contributed by atoms with Crippen molar-refractivity contribution in [3.05, 3.63) is 48.7 Å². The van der Waals surface area contributed by atoms with Crippen LogP contribution in [-0.4, -0.2) is 16.1 Å². The van der Waals surface area contributed by atoms with Gasteiger partial charge in [0.15, 0.2) is 0 Å². The third-order valence-electron chi connectivity index (χ3n) is 3.02. The van der Waals surface area contributed by atoms with Gasteiger partial charge in [0.25, 0.3) is 5.56 Å². The lowest BCUT2D eigenvalue weighted by Crippen LogP contribution is -2.34. The highest BCUT2D eigenvalue weighted by molar-refractivity contribution is 9.11. The summed E-state index contributed by atoms with van der Waals surface area (Å²) in [5.41, 5.74) is 1.87. The number of fused-ring (bicyclic) bond motifs is 1. The second-order valence-corrected chi connectivity index (χ2v) is 6.78. The van der Waals surface area contributed by atoms with Crippen molar-refractivity contribution in [3.8, 4) is 0 Å². The van der Waals surface area contributed by atoms with Crippen LogP contribution in [0.4, 0.5) is 0 Å². The van der Waals surface area contributed by atoms with Gasteiger partial charge in [0.2, 0.25) is 0 Å². The number of nitrogens with zero attached hydrogens (tertiary/aromatic N) is 2. The third kappa shape index (κ3) is 2.28. The number of nitrogens with one attached hydrogen (secondary N) is 1. The molecule has 1 aliphatic rings. The Kier molecular flexibility index (Phi) is 3.32. The van der Waals surface area contributed by atoms with Gasteiger partial charge in [0.05, 0.1) is 22.4 Å². The average molecular weight is 326 g/mol. The molecule has 0 saturated heterocycles. The quantitative estimate of drug-likeness (QED) is 0.915. The lowest BCUT2D eigenvalue weighted by atomic mass is 10.1. The minimum atomic E-state index is 0.103. The first-order valence-electron chi connectivity index (χ1n) is 5.76. The maximum atomic E-state index is 12.3. The van der Waals surface area contributed by atoms with E-state index in [0.29, 0.717) is 13.1 Å². The van der Waals surface area contributed by atoms with E-state index in [1.807, 2.05) is 12.1 Å². The zero-order chi connectivity index (χ0) is 12.5. The van der Waals surface area contributed by atoms with Crippen LogP contribution in [-0.2, 0) is 19.5 Å². The zero-order valence-electron chi connectivity index (χ0n) is 9.65. The van der Waals surface area contributed by atoms with Crippen LogP contribution in [0.25, 0.3) is 0 Å². The lowest BCUT2D eigenvalue weighted by molar-refractivity contribution is 0.597. The van der Waals surface area contributed by atoms with Crippen molar-refractivity contribution in [3.63, 3.8) is 0 Å². The SMILES string of the molecule is O=c1c2c(ncn1Cc1ccc(Br)s1)CNCC2. The molecule has 18 heavy (non-hydrogen) atoms. The van der Waals surface area contributed by atoms with Crippen LogP contribution >= 0.6 is 27.3 Å². The Labute approximate surface area is 117 Å². The molecule has 4 nitrogen and oxygen atoms in total. The standard InChI is InChI=1S/C12H12BrN3OS/c13-11-2-1-8(18-11)6-16-7-15-10-5-14-4-3-9(10)12(16)17/h1-2,7,14H,3-6H2. The van der Waals surface area contributed by atoms with E-state index in [9.17, 15) is 4.79 Å². The first-order valence-corrected chi connectivity index (χ1v) is 7.37. The van der Waals surface area contributed by atoms with Crippen molar-refractivity contribution in [1.82, 2.24) is 14.9 Å². The summed E-state index contributed by atoms with van der Waals surface area (Å²) in [5, 5.41) is 3.23. The first kappa shape index (κ1) is 12.1. The topological polar surface area (TPSA) is 46.9 Å². The molecule has 1 N–H and O–H groups in total. The van der Waals surface area contributed by atoms with Gasteiger partial charge < -0.3 is 5.32 Å². The van der Waals surface area contributed by atoms with Crippen molar-refractivity contribution in [2.45, 2.75) is 19.5 Å². The van der Waals surface area contributed by atoms with Crippen molar-refractivity contribution >= 4 is 27.3 Å². The highest BCUT2D eigenvalue weighted by atomic mass is 79.9. The van der Waals surface area contributed by atoms with Crippen LogP contribution in [0, 0.1) is 0 Å². The summed E-state index contributed by atoms with van der Waals surface area (Å²) >= 11 is 5.08. The van der Waals surface area contributed by atoms with E-state index in [2.05, 4.69) is 26.2 Å². The third-order valence-corrected chi connectivity index (χ3v) is 4.63. The molecule has 2 aromatic rings. The molecule has 0 fully saturated rings. The fourth-order valence-electron chi connectivity index (χ4n) is 2.11. The zero-order valence-corrected chi connectivity index (χ0v) is 12.1. The van der Waals surface area contributed by atoms with Gasteiger partial charge in [-0.15, -0.1) is 11.3 Å². The fraction of sp³-hybridized carbons (Fsp3) is 0.333. The summed E-state index contributed by atoms with van der Waals surface area (Å²) in [6.07, 6.45) is 2.43. The fourth-order valence-corrected chi connectivity index (χ4v) is 3.59. The Bertz CT molecular complexity index is 634.